The summed E-state index contributed by atoms with van der Waals surface area (Å²) in [7, 11) is 0. The van der Waals surface area contributed by atoms with Crippen molar-refractivity contribution in [2.45, 2.75) is 47.0 Å². The van der Waals surface area contributed by atoms with Gasteiger partial charge in [-0.2, -0.15) is 0 Å². The molecule has 0 amide bonds. The van der Waals surface area contributed by atoms with Gasteiger partial charge in [-0.15, -0.1) is 0 Å². The molecule has 0 aliphatic heterocycles. The van der Waals surface area contributed by atoms with Crippen LogP contribution in [-0.4, -0.2) is 36.7 Å². The standard InChI is InChI=1S/C15H24O6/c1-10(2)5-7-20-14(18)12(16)9-13(17)15(19)21-8-6-11(3)4/h10-11H,5-9H2,1-4H3. The average Bonchev–Trinajstić information content (AvgIpc) is 2.37. The Bertz CT molecular complexity index is 348. The Kier molecular flexibility index (Phi) is 9.25. The molecule has 21 heavy (non-hydrogen) atoms. The molecule has 120 valence electrons. The van der Waals surface area contributed by atoms with Gasteiger partial charge >= 0.3 is 11.9 Å². The quantitative estimate of drug-likeness (QED) is 0.347. The normalized spacial score (nSPS) is 10.6. The molecule has 0 saturated heterocycles. The van der Waals surface area contributed by atoms with E-state index in [1.54, 1.807) is 0 Å². The highest BCUT2D eigenvalue weighted by Gasteiger charge is 2.24. The zero-order chi connectivity index (χ0) is 16.4. The summed E-state index contributed by atoms with van der Waals surface area (Å²) in [4.78, 5) is 45.4. The van der Waals surface area contributed by atoms with Gasteiger partial charge < -0.3 is 9.47 Å². The van der Waals surface area contributed by atoms with Crippen LogP contribution in [0.1, 0.15) is 47.0 Å². The van der Waals surface area contributed by atoms with Crippen LogP contribution in [0.5, 0.6) is 0 Å². The number of Topliss-reactive ketones (excluding diaryl/α,β-unsaturated/α-hetero) is 2. The molecule has 0 unspecified atom stereocenters. The second-order valence-electron chi connectivity index (χ2n) is 5.66. The van der Waals surface area contributed by atoms with E-state index in [0.717, 1.165) is 0 Å². The zero-order valence-corrected chi connectivity index (χ0v) is 13.1. The Morgan fingerprint density at radius 3 is 1.33 bits per heavy atom. The first-order valence-electron chi connectivity index (χ1n) is 7.14. The average molecular weight is 300 g/mol. The summed E-state index contributed by atoms with van der Waals surface area (Å²) in [5, 5.41) is 0. The zero-order valence-electron chi connectivity index (χ0n) is 13.1. The van der Waals surface area contributed by atoms with E-state index in [-0.39, 0.29) is 13.2 Å². The van der Waals surface area contributed by atoms with Crippen LogP contribution in [0.4, 0.5) is 0 Å². The number of esters is 2. The van der Waals surface area contributed by atoms with Crippen LogP contribution < -0.4 is 0 Å². The van der Waals surface area contributed by atoms with Crippen molar-refractivity contribution in [2.24, 2.45) is 11.8 Å². The van der Waals surface area contributed by atoms with Gasteiger partial charge in [0.15, 0.2) is 0 Å². The molecule has 0 fully saturated rings. The molecule has 6 nitrogen and oxygen atoms in total. The molecule has 0 bridgehead atoms. The maximum Gasteiger partial charge on any atom is 0.375 e. The van der Waals surface area contributed by atoms with Crippen LogP contribution in [0.25, 0.3) is 0 Å². The topological polar surface area (TPSA) is 86.7 Å². The number of rotatable bonds is 10. The molecular formula is C15H24O6. The first-order chi connectivity index (χ1) is 9.73. The molecule has 0 N–H and O–H groups in total. The molecule has 0 radical (unpaired) electrons. The Balaban J connectivity index is 4.04. The molecule has 0 rings (SSSR count). The van der Waals surface area contributed by atoms with Crippen molar-refractivity contribution in [3.63, 3.8) is 0 Å². The number of ketones is 2. The third-order valence-corrected chi connectivity index (χ3v) is 2.63. The van der Waals surface area contributed by atoms with Crippen molar-refractivity contribution in [3.05, 3.63) is 0 Å². The van der Waals surface area contributed by atoms with E-state index in [9.17, 15) is 19.2 Å². The Morgan fingerprint density at radius 1 is 0.714 bits per heavy atom. The van der Waals surface area contributed by atoms with E-state index in [1.165, 1.54) is 0 Å². The van der Waals surface area contributed by atoms with E-state index in [0.29, 0.717) is 24.7 Å². The molecule has 0 heterocycles. The lowest BCUT2D eigenvalue weighted by molar-refractivity contribution is -0.158. The van der Waals surface area contributed by atoms with Crippen LogP contribution in [0.15, 0.2) is 0 Å². The van der Waals surface area contributed by atoms with Crippen molar-refractivity contribution in [2.75, 3.05) is 13.2 Å². The van der Waals surface area contributed by atoms with E-state index in [4.69, 9.17) is 9.47 Å². The molecule has 0 atom stereocenters. The molecule has 6 heteroatoms. The fraction of sp³-hybridized carbons (Fsp3) is 0.733. The predicted octanol–water partition coefficient (Wildman–Crippen LogP) is 1.69. The maximum atomic E-state index is 11.4. The summed E-state index contributed by atoms with van der Waals surface area (Å²) in [5.41, 5.74) is 0. The number of hydrogen-bond acceptors (Lipinski definition) is 6. The highest BCUT2D eigenvalue weighted by atomic mass is 16.5. The fourth-order valence-corrected chi connectivity index (χ4v) is 1.23. The molecular weight excluding hydrogens is 276 g/mol. The molecule has 0 spiro atoms. The number of hydrogen-bond donors (Lipinski definition) is 0. The van der Waals surface area contributed by atoms with Crippen LogP contribution in [-0.2, 0) is 28.7 Å². The van der Waals surface area contributed by atoms with E-state index in [2.05, 4.69) is 0 Å². The molecule has 0 aromatic heterocycles. The molecule has 0 saturated carbocycles. The van der Waals surface area contributed by atoms with Crippen LogP contribution in [0.2, 0.25) is 0 Å². The van der Waals surface area contributed by atoms with Gasteiger partial charge in [-0.05, 0) is 24.7 Å². The molecule has 0 aromatic rings. The summed E-state index contributed by atoms with van der Waals surface area (Å²) in [5.74, 6) is -3.54. The van der Waals surface area contributed by atoms with Gasteiger partial charge in [0.1, 0.15) is 0 Å². The Hall–Kier alpha value is -1.72. The first kappa shape index (κ1) is 19.3. The first-order valence-corrected chi connectivity index (χ1v) is 7.14. The predicted molar refractivity (Wildman–Crippen MR) is 75.5 cm³/mol. The summed E-state index contributed by atoms with van der Waals surface area (Å²) in [6.45, 7) is 8.04. The summed E-state index contributed by atoms with van der Waals surface area (Å²) < 4.78 is 9.43. The highest BCUT2D eigenvalue weighted by Crippen LogP contribution is 2.02. The van der Waals surface area contributed by atoms with Crippen molar-refractivity contribution in [1.82, 2.24) is 0 Å². The second-order valence-corrected chi connectivity index (χ2v) is 5.66. The van der Waals surface area contributed by atoms with Crippen molar-refractivity contribution in [3.8, 4) is 0 Å². The fourth-order valence-electron chi connectivity index (χ4n) is 1.23. The highest BCUT2D eigenvalue weighted by molar-refractivity contribution is 6.45. The van der Waals surface area contributed by atoms with Gasteiger partial charge in [-0.3, -0.25) is 9.59 Å². The van der Waals surface area contributed by atoms with Crippen molar-refractivity contribution < 1.29 is 28.7 Å². The second kappa shape index (κ2) is 10.1. The monoisotopic (exact) mass is 300 g/mol. The minimum absolute atomic E-state index is 0.120. The van der Waals surface area contributed by atoms with Gasteiger partial charge in [0, 0.05) is 0 Å². The van der Waals surface area contributed by atoms with E-state index >= 15 is 0 Å². The van der Waals surface area contributed by atoms with Gasteiger partial charge in [0.2, 0.25) is 11.6 Å². The summed E-state index contributed by atoms with van der Waals surface area (Å²) in [6, 6.07) is 0. The Labute approximate surface area is 125 Å². The molecule has 0 aliphatic rings. The smallest absolute Gasteiger partial charge is 0.375 e. The van der Waals surface area contributed by atoms with Gasteiger partial charge in [-0.1, -0.05) is 27.7 Å². The summed E-state index contributed by atoms with van der Waals surface area (Å²) in [6.07, 6.45) is 0.454. The molecule has 0 aliphatic carbocycles. The lowest BCUT2D eigenvalue weighted by Crippen LogP contribution is -2.26. The minimum atomic E-state index is -1.08. The van der Waals surface area contributed by atoms with Crippen molar-refractivity contribution >= 4 is 23.5 Å². The van der Waals surface area contributed by atoms with E-state index < -0.39 is 29.9 Å². The number of ether oxygens (including phenoxy) is 2. The Morgan fingerprint density at radius 2 is 1.05 bits per heavy atom. The molecule has 0 aromatic carbocycles. The SMILES string of the molecule is CC(C)CCOC(=O)C(=O)CC(=O)C(=O)OCCC(C)C. The van der Waals surface area contributed by atoms with Gasteiger partial charge in [0.05, 0.1) is 19.6 Å². The largest absolute Gasteiger partial charge is 0.460 e. The van der Waals surface area contributed by atoms with Crippen LogP contribution in [0, 0.1) is 11.8 Å². The van der Waals surface area contributed by atoms with Gasteiger partial charge in [0.25, 0.3) is 0 Å². The van der Waals surface area contributed by atoms with Crippen LogP contribution in [0.3, 0.4) is 0 Å². The third kappa shape index (κ3) is 9.76. The lowest BCUT2D eigenvalue weighted by atomic mass is 10.1. The van der Waals surface area contributed by atoms with E-state index in [1.807, 2.05) is 27.7 Å². The number of carbonyl (C=O) groups excluding carboxylic acids is 4. The summed E-state index contributed by atoms with van der Waals surface area (Å²) >= 11 is 0. The van der Waals surface area contributed by atoms with Gasteiger partial charge in [-0.25, -0.2) is 9.59 Å². The maximum absolute atomic E-state index is 11.4. The van der Waals surface area contributed by atoms with Crippen molar-refractivity contribution in [1.29, 1.82) is 0 Å². The lowest BCUT2D eigenvalue weighted by Gasteiger charge is -2.07. The van der Waals surface area contributed by atoms with Crippen LogP contribution >= 0.6 is 0 Å². The third-order valence-electron chi connectivity index (χ3n) is 2.63. The number of carbonyl (C=O) groups is 4. The minimum Gasteiger partial charge on any atom is -0.460 e.